The molecule has 0 aromatic heterocycles. The molecular formula is C17H19ClN2O2. The summed E-state index contributed by atoms with van der Waals surface area (Å²) in [5, 5.41) is 6.53. The molecule has 2 aromatic carbocycles. The van der Waals surface area contributed by atoms with Crippen LogP contribution in [0, 0.1) is 0 Å². The summed E-state index contributed by atoms with van der Waals surface area (Å²) in [4.78, 5) is 12.1. The number of aryl methyl sites for hydroxylation is 1. The van der Waals surface area contributed by atoms with Gasteiger partial charge < -0.3 is 15.4 Å². The molecule has 1 amide bonds. The van der Waals surface area contributed by atoms with Crippen molar-refractivity contribution in [3.63, 3.8) is 0 Å². The molecule has 2 rings (SSSR count). The Bertz CT molecular complexity index is 659. The Balaban J connectivity index is 2.00. The van der Waals surface area contributed by atoms with Crippen molar-refractivity contribution in [1.82, 2.24) is 0 Å². The van der Waals surface area contributed by atoms with Crippen molar-refractivity contribution in [2.45, 2.75) is 13.3 Å². The van der Waals surface area contributed by atoms with E-state index in [0.717, 1.165) is 17.7 Å². The van der Waals surface area contributed by atoms with Gasteiger partial charge in [0.05, 0.1) is 19.3 Å². The predicted octanol–water partition coefficient (Wildman–Crippen LogP) is 3.96. The summed E-state index contributed by atoms with van der Waals surface area (Å²) in [6.45, 7) is 2.19. The largest absolute Gasteiger partial charge is 0.495 e. The van der Waals surface area contributed by atoms with E-state index in [1.54, 1.807) is 25.3 Å². The van der Waals surface area contributed by atoms with Gasteiger partial charge in [-0.2, -0.15) is 0 Å². The molecule has 0 spiro atoms. The number of halogens is 1. The SMILES string of the molecule is CCc1ccccc1NC(=O)CNc1cc(Cl)ccc1OC. The molecule has 0 saturated carbocycles. The van der Waals surface area contributed by atoms with Gasteiger partial charge in [0.1, 0.15) is 5.75 Å². The third-order valence-electron chi connectivity index (χ3n) is 3.27. The van der Waals surface area contributed by atoms with Crippen LogP contribution in [0.1, 0.15) is 12.5 Å². The minimum Gasteiger partial charge on any atom is -0.495 e. The lowest BCUT2D eigenvalue weighted by atomic mass is 10.1. The van der Waals surface area contributed by atoms with Gasteiger partial charge in [0.15, 0.2) is 0 Å². The second-order valence-electron chi connectivity index (χ2n) is 4.76. The van der Waals surface area contributed by atoms with Crippen molar-refractivity contribution < 1.29 is 9.53 Å². The number of nitrogens with one attached hydrogen (secondary N) is 2. The van der Waals surface area contributed by atoms with E-state index in [1.165, 1.54) is 0 Å². The average Bonchev–Trinajstić information content (AvgIpc) is 2.53. The van der Waals surface area contributed by atoms with E-state index in [1.807, 2.05) is 24.3 Å². The molecule has 116 valence electrons. The maximum absolute atomic E-state index is 12.1. The van der Waals surface area contributed by atoms with Gasteiger partial charge in [0.2, 0.25) is 5.91 Å². The summed E-state index contributed by atoms with van der Waals surface area (Å²) in [6.07, 6.45) is 0.867. The Labute approximate surface area is 135 Å². The van der Waals surface area contributed by atoms with Crippen LogP contribution in [0.3, 0.4) is 0 Å². The summed E-state index contributed by atoms with van der Waals surface area (Å²) < 4.78 is 5.23. The van der Waals surface area contributed by atoms with Gasteiger partial charge in [0.25, 0.3) is 0 Å². The van der Waals surface area contributed by atoms with E-state index in [2.05, 4.69) is 17.6 Å². The van der Waals surface area contributed by atoms with Crippen LogP contribution in [0.5, 0.6) is 5.75 Å². The number of rotatable bonds is 6. The predicted molar refractivity (Wildman–Crippen MR) is 90.9 cm³/mol. The lowest BCUT2D eigenvalue weighted by Crippen LogP contribution is -2.22. The minimum atomic E-state index is -0.122. The van der Waals surface area contributed by atoms with Crippen LogP contribution >= 0.6 is 11.6 Å². The van der Waals surface area contributed by atoms with E-state index < -0.39 is 0 Å². The number of carbonyl (C=O) groups is 1. The standard InChI is InChI=1S/C17H19ClN2O2/c1-3-12-6-4-5-7-14(12)20-17(21)11-19-15-10-13(18)8-9-16(15)22-2/h4-10,19H,3,11H2,1-2H3,(H,20,21). The number of methoxy groups -OCH3 is 1. The lowest BCUT2D eigenvalue weighted by Gasteiger charge is -2.13. The highest BCUT2D eigenvalue weighted by Gasteiger charge is 2.08. The van der Waals surface area contributed by atoms with Gasteiger partial charge >= 0.3 is 0 Å². The Morgan fingerprint density at radius 2 is 1.95 bits per heavy atom. The highest BCUT2D eigenvalue weighted by atomic mass is 35.5. The molecule has 0 unspecified atom stereocenters. The topological polar surface area (TPSA) is 50.4 Å². The molecule has 5 heteroatoms. The zero-order valence-corrected chi connectivity index (χ0v) is 13.4. The highest BCUT2D eigenvalue weighted by Crippen LogP contribution is 2.27. The number of carbonyl (C=O) groups excluding carboxylic acids is 1. The van der Waals surface area contributed by atoms with Gasteiger partial charge in [-0.15, -0.1) is 0 Å². The van der Waals surface area contributed by atoms with E-state index >= 15 is 0 Å². The zero-order valence-electron chi connectivity index (χ0n) is 12.7. The minimum absolute atomic E-state index is 0.122. The fraction of sp³-hybridized carbons (Fsp3) is 0.235. The van der Waals surface area contributed by atoms with Gasteiger partial charge in [-0.1, -0.05) is 36.7 Å². The molecule has 0 radical (unpaired) electrons. The van der Waals surface area contributed by atoms with Crippen LogP contribution in [0.15, 0.2) is 42.5 Å². The van der Waals surface area contributed by atoms with Gasteiger partial charge in [-0.3, -0.25) is 4.79 Å². The van der Waals surface area contributed by atoms with Crippen LogP contribution < -0.4 is 15.4 Å². The van der Waals surface area contributed by atoms with Crippen LogP contribution in [-0.4, -0.2) is 19.6 Å². The van der Waals surface area contributed by atoms with Crippen LogP contribution in [-0.2, 0) is 11.2 Å². The lowest BCUT2D eigenvalue weighted by molar-refractivity contribution is -0.114. The van der Waals surface area contributed by atoms with E-state index in [0.29, 0.717) is 16.5 Å². The Kier molecular flexibility index (Phi) is 5.67. The second-order valence-corrected chi connectivity index (χ2v) is 5.19. The number of amides is 1. The van der Waals surface area contributed by atoms with Crippen molar-refractivity contribution in [2.24, 2.45) is 0 Å². The smallest absolute Gasteiger partial charge is 0.243 e. The Morgan fingerprint density at radius 3 is 2.68 bits per heavy atom. The average molecular weight is 319 g/mol. The fourth-order valence-electron chi connectivity index (χ4n) is 2.14. The van der Waals surface area contributed by atoms with Gasteiger partial charge in [-0.05, 0) is 36.2 Å². The van der Waals surface area contributed by atoms with Gasteiger partial charge in [0, 0.05) is 10.7 Å². The first-order valence-corrected chi connectivity index (χ1v) is 7.47. The quantitative estimate of drug-likeness (QED) is 0.847. The van der Waals surface area contributed by atoms with Crippen molar-refractivity contribution in [1.29, 1.82) is 0 Å². The molecule has 22 heavy (non-hydrogen) atoms. The normalized spacial score (nSPS) is 10.1. The van der Waals surface area contributed by atoms with Crippen molar-refractivity contribution in [2.75, 3.05) is 24.3 Å². The number of benzene rings is 2. The van der Waals surface area contributed by atoms with Crippen LogP contribution in [0.25, 0.3) is 0 Å². The summed E-state index contributed by atoms with van der Waals surface area (Å²) in [7, 11) is 1.58. The maximum atomic E-state index is 12.1. The number of para-hydroxylation sites is 1. The molecule has 0 heterocycles. The van der Waals surface area contributed by atoms with E-state index in [-0.39, 0.29) is 12.5 Å². The summed E-state index contributed by atoms with van der Waals surface area (Å²) >= 11 is 5.96. The maximum Gasteiger partial charge on any atom is 0.243 e. The molecule has 2 aromatic rings. The molecule has 2 N–H and O–H groups in total. The summed E-state index contributed by atoms with van der Waals surface area (Å²) in [5.41, 5.74) is 2.64. The molecule has 0 aliphatic rings. The monoisotopic (exact) mass is 318 g/mol. The Morgan fingerprint density at radius 1 is 1.18 bits per heavy atom. The summed E-state index contributed by atoms with van der Waals surface area (Å²) in [6, 6.07) is 13.0. The van der Waals surface area contributed by atoms with Crippen molar-refractivity contribution >= 4 is 28.9 Å². The van der Waals surface area contributed by atoms with Crippen molar-refractivity contribution in [3.8, 4) is 5.75 Å². The molecular weight excluding hydrogens is 300 g/mol. The number of hydrogen-bond donors (Lipinski definition) is 2. The number of hydrogen-bond acceptors (Lipinski definition) is 3. The molecule has 0 saturated heterocycles. The van der Waals surface area contributed by atoms with E-state index in [9.17, 15) is 4.79 Å². The zero-order chi connectivity index (χ0) is 15.9. The highest BCUT2D eigenvalue weighted by molar-refractivity contribution is 6.30. The molecule has 0 bridgehead atoms. The second kappa shape index (κ2) is 7.71. The number of ether oxygens (including phenoxy) is 1. The first-order valence-electron chi connectivity index (χ1n) is 7.09. The number of anilines is 2. The molecule has 0 fully saturated rings. The molecule has 0 aliphatic heterocycles. The van der Waals surface area contributed by atoms with Gasteiger partial charge in [-0.25, -0.2) is 0 Å². The van der Waals surface area contributed by atoms with Crippen LogP contribution in [0.4, 0.5) is 11.4 Å². The van der Waals surface area contributed by atoms with Crippen molar-refractivity contribution in [3.05, 3.63) is 53.1 Å². The summed E-state index contributed by atoms with van der Waals surface area (Å²) in [5.74, 6) is 0.522. The first kappa shape index (κ1) is 16.2. The third-order valence-corrected chi connectivity index (χ3v) is 3.51. The van der Waals surface area contributed by atoms with Crippen LogP contribution in [0.2, 0.25) is 5.02 Å². The first-order chi connectivity index (χ1) is 10.6. The molecule has 0 aliphatic carbocycles. The third kappa shape index (κ3) is 4.15. The Hall–Kier alpha value is -2.20. The van der Waals surface area contributed by atoms with E-state index in [4.69, 9.17) is 16.3 Å². The fourth-order valence-corrected chi connectivity index (χ4v) is 2.31. The molecule has 4 nitrogen and oxygen atoms in total. The molecule has 0 atom stereocenters.